The predicted molar refractivity (Wildman–Crippen MR) is 77.3 cm³/mol. The van der Waals surface area contributed by atoms with Crippen LogP contribution in [0.25, 0.3) is 11.1 Å². The highest BCUT2D eigenvalue weighted by Crippen LogP contribution is 2.24. The van der Waals surface area contributed by atoms with E-state index < -0.39 is 5.76 Å². The summed E-state index contributed by atoms with van der Waals surface area (Å²) < 4.78 is 4.93. The Labute approximate surface area is 108 Å². The summed E-state index contributed by atoms with van der Waals surface area (Å²) in [5, 5.41) is 3.23. The zero-order chi connectivity index (χ0) is 13.0. The number of nitrogens with two attached hydrogens (primary N) is 1. The molecule has 0 spiro atoms. The van der Waals surface area contributed by atoms with Crippen molar-refractivity contribution in [2.45, 2.75) is 0 Å². The number of H-pyrrole nitrogens is 1. The van der Waals surface area contributed by atoms with Crippen LogP contribution in [0.1, 0.15) is 0 Å². The summed E-state index contributed by atoms with van der Waals surface area (Å²) in [6.45, 7) is 4.46. The maximum absolute atomic E-state index is 11.0. The maximum Gasteiger partial charge on any atom is 0.417 e. The quantitative estimate of drug-likeness (QED) is 0.423. The molecule has 18 heavy (non-hydrogen) atoms. The van der Waals surface area contributed by atoms with E-state index >= 15 is 0 Å². The van der Waals surface area contributed by atoms with Gasteiger partial charge in [0.1, 0.15) is 0 Å². The fraction of sp³-hybridized carbons (Fsp3) is 0.250. The molecule has 0 amide bonds. The van der Waals surface area contributed by atoms with Crippen molar-refractivity contribution in [3.8, 4) is 0 Å². The highest BCUT2D eigenvalue weighted by Gasteiger charge is 2.06. The predicted octanol–water partition coefficient (Wildman–Crippen LogP) is 2.03. The molecule has 5 nitrogen and oxygen atoms in total. The molecule has 0 unspecified atom stereocenters. The number of aromatic amines is 1. The molecule has 6 heteroatoms. The van der Waals surface area contributed by atoms with Gasteiger partial charge in [-0.3, -0.25) is 4.98 Å². The van der Waals surface area contributed by atoms with Gasteiger partial charge in [-0.25, -0.2) is 4.79 Å². The first-order valence-corrected chi connectivity index (χ1v) is 6.71. The van der Waals surface area contributed by atoms with Crippen LogP contribution >= 0.6 is 11.8 Å². The summed E-state index contributed by atoms with van der Waals surface area (Å²) in [6.07, 6.45) is 1.88. The highest BCUT2D eigenvalue weighted by atomic mass is 32.2. The molecule has 0 aliphatic heterocycles. The van der Waals surface area contributed by atoms with Gasteiger partial charge in [-0.05, 0) is 6.07 Å². The smallest absolute Gasteiger partial charge is 0.408 e. The third-order valence-corrected chi connectivity index (χ3v) is 3.35. The number of rotatable bonds is 6. The van der Waals surface area contributed by atoms with Crippen LogP contribution in [0.5, 0.6) is 0 Å². The molecule has 1 aromatic carbocycles. The van der Waals surface area contributed by atoms with E-state index in [1.54, 1.807) is 23.9 Å². The molecule has 0 fully saturated rings. The number of hydrogen-bond donors (Lipinski definition) is 3. The van der Waals surface area contributed by atoms with E-state index in [2.05, 4.69) is 16.9 Å². The normalized spacial score (nSPS) is 10.7. The summed E-state index contributed by atoms with van der Waals surface area (Å²) in [5.74, 6) is 1.43. The van der Waals surface area contributed by atoms with Crippen LogP contribution in [-0.2, 0) is 0 Å². The van der Waals surface area contributed by atoms with E-state index in [0.717, 1.165) is 23.7 Å². The average molecular weight is 265 g/mol. The van der Waals surface area contributed by atoms with Crippen LogP contribution in [0, 0.1) is 0 Å². The molecule has 2 aromatic rings. The van der Waals surface area contributed by atoms with Gasteiger partial charge in [-0.1, -0.05) is 6.08 Å². The molecule has 0 saturated carbocycles. The van der Waals surface area contributed by atoms with E-state index in [1.807, 2.05) is 6.08 Å². The number of fused-ring (bicyclic) bond motifs is 1. The van der Waals surface area contributed by atoms with Crippen LogP contribution < -0.4 is 16.8 Å². The minimum atomic E-state index is -0.469. The lowest BCUT2D eigenvalue weighted by Gasteiger charge is -2.08. The van der Waals surface area contributed by atoms with Gasteiger partial charge in [0.15, 0.2) is 5.58 Å². The standard InChI is InChI=1S/C12H15N3O2S/c1-2-4-18-5-3-14-9-7-10-11(6-8(9)13)17-12(16)15-10/h2,6-7,14H,1,3-5,13H2,(H,15,16). The summed E-state index contributed by atoms with van der Waals surface area (Å²) in [5.41, 5.74) is 8.37. The van der Waals surface area contributed by atoms with Crippen molar-refractivity contribution in [1.82, 2.24) is 4.98 Å². The molecule has 0 atom stereocenters. The number of nitrogen functional groups attached to an aromatic ring is 1. The van der Waals surface area contributed by atoms with Crippen molar-refractivity contribution in [3.63, 3.8) is 0 Å². The van der Waals surface area contributed by atoms with Gasteiger partial charge in [0.05, 0.1) is 16.9 Å². The summed E-state index contributed by atoms with van der Waals surface area (Å²) >= 11 is 1.79. The van der Waals surface area contributed by atoms with Gasteiger partial charge in [0.25, 0.3) is 0 Å². The molecule has 1 aromatic heterocycles. The molecule has 96 valence electrons. The monoisotopic (exact) mass is 265 g/mol. The second-order valence-corrected chi connectivity index (χ2v) is 4.89. The van der Waals surface area contributed by atoms with E-state index in [4.69, 9.17) is 10.2 Å². The first-order chi connectivity index (χ1) is 8.70. The van der Waals surface area contributed by atoms with Crippen molar-refractivity contribution in [2.24, 2.45) is 0 Å². The number of anilines is 2. The number of benzene rings is 1. The lowest BCUT2D eigenvalue weighted by atomic mass is 10.2. The Hall–Kier alpha value is -1.82. The average Bonchev–Trinajstić information content (AvgIpc) is 2.68. The Bertz CT molecular complexity index is 603. The van der Waals surface area contributed by atoms with Crippen molar-refractivity contribution < 1.29 is 4.42 Å². The van der Waals surface area contributed by atoms with Crippen LogP contribution in [0.4, 0.5) is 11.4 Å². The molecule has 0 bridgehead atoms. The fourth-order valence-electron chi connectivity index (χ4n) is 1.59. The number of thioether (sulfide) groups is 1. The SMILES string of the molecule is C=CCSCCNc1cc2[nH]c(=O)oc2cc1N. The first kappa shape index (κ1) is 12.6. The zero-order valence-corrected chi connectivity index (χ0v) is 10.7. The van der Waals surface area contributed by atoms with Gasteiger partial charge in [-0.15, -0.1) is 6.58 Å². The van der Waals surface area contributed by atoms with Crippen LogP contribution in [0.2, 0.25) is 0 Å². The Morgan fingerprint density at radius 1 is 1.56 bits per heavy atom. The summed E-state index contributed by atoms with van der Waals surface area (Å²) in [4.78, 5) is 13.6. The highest BCUT2D eigenvalue weighted by molar-refractivity contribution is 7.99. The third-order valence-electron chi connectivity index (χ3n) is 2.39. The number of nitrogens with one attached hydrogen (secondary N) is 2. The van der Waals surface area contributed by atoms with Gasteiger partial charge < -0.3 is 15.5 Å². The first-order valence-electron chi connectivity index (χ1n) is 5.55. The molecule has 4 N–H and O–H groups in total. The summed E-state index contributed by atoms with van der Waals surface area (Å²) in [7, 11) is 0. The Morgan fingerprint density at radius 2 is 2.39 bits per heavy atom. The van der Waals surface area contributed by atoms with Crippen molar-refractivity contribution in [2.75, 3.05) is 29.1 Å². The molecule has 0 saturated heterocycles. The second-order valence-electron chi connectivity index (χ2n) is 3.74. The Kier molecular flexibility index (Phi) is 3.99. The van der Waals surface area contributed by atoms with Gasteiger partial charge >= 0.3 is 5.76 Å². The van der Waals surface area contributed by atoms with Crippen molar-refractivity contribution in [1.29, 1.82) is 0 Å². The Morgan fingerprint density at radius 3 is 3.17 bits per heavy atom. The van der Waals surface area contributed by atoms with E-state index in [1.165, 1.54) is 0 Å². The molecular weight excluding hydrogens is 250 g/mol. The number of hydrogen-bond acceptors (Lipinski definition) is 5. The van der Waals surface area contributed by atoms with E-state index in [0.29, 0.717) is 16.8 Å². The molecular formula is C12H15N3O2S. The number of oxazole rings is 1. The van der Waals surface area contributed by atoms with Crippen LogP contribution in [0.15, 0.2) is 34.0 Å². The van der Waals surface area contributed by atoms with Crippen molar-refractivity contribution >= 4 is 34.2 Å². The van der Waals surface area contributed by atoms with E-state index in [9.17, 15) is 4.79 Å². The molecule has 2 rings (SSSR count). The third kappa shape index (κ3) is 2.89. The van der Waals surface area contributed by atoms with Gasteiger partial charge in [0, 0.05) is 24.1 Å². The van der Waals surface area contributed by atoms with Crippen LogP contribution in [0.3, 0.4) is 0 Å². The number of aromatic nitrogens is 1. The minimum absolute atomic E-state index is 0.469. The zero-order valence-electron chi connectivity index (χ0n) is 9.86. The molecule has 1 heterocycles. The topological polar surface area (TPSA) is 84.0 Å². The van der Waals surface area contributed by atoms with Crippen LogP contribution in [-0.4, -0.2) is 23.0 Å². The largest absolute Gasteiger partial charge is 0.417 e. The fourth-order valence-corrected chi connectivity index (χ4v) is 2.17. The Balaban J connectivity index is 2.05. The van der Waals surface area contributed by atoms with Gasteiger partial charge in [0.2, 0.25) is 0 Å². The second kappa shape index (κ2) is 5.68. The lowest BCUT2D eigenvalue weighted by Crippen LogP contribution is -2.06. The molecule has 0 aliphatic rings. The minimum Gasteiger partial charge on any atom is -0.408 e. The lowest BCUT2D eigenvalue weighted by molar-refractivity contribution is 0.555. The molecule has 0 aliphatic carbocycles. The maximum atomic E-state index is 11.0. The summed E-state index contributed by atoms with van der Waals surface area (Å²) in [6, 6.07) is 3.43. The van der Waals surface area contributed by atoms with E-state index in [-0.39, 0.29) is 0 Å². The molecule has 0 radical (unpaired) electrons. The van der Waals surface area contributed by atoms with Crippen molar-refractivity contribution in [3.05, 3.63) is 35.3 Å². The van der Waals surface area contributed by atoms with Gasteiger partial charge in [-0.2, -0.15) is 11.8 Å².